The van der Waals surface area contributed by atoms with Gasteiger partial charge in [0.2, 0.25) is 0 Å². The maximum atomic E-state index is 13.3. The summed E-state index contributed by atoms with van der Waals surface area (Å²) in [5, 5.41) is 8.24. The highest BCUT2D eigenvalue weighted by molar-refractivity contribution is 6.32. The first-order valence-electron chi connectivity index (χ1n) is 3.77. The first kappa shape index (κ1) is 11.6. The van der Waals surface area contributed by atoms with Crippen LogP contribution >= 0.6 is 23.2 Å². The van der Waals surface area contributed by atoms with Crippen molar-refractivity contribution in [1.29, 1.82) is 0 Å². The number of alkyl halides is 2. The van der Waals surface area contributed by atoms with Crippen LogP contribution in [0.4, 0.5) is 8.78 Å². The molecule has 0 bridgehead atoms. The number of halogens is 4. The molecule has 1 aromatic heterocycles. The van der Waals surface area contributed by atoms with E-state index in [0.717, 1.165) is 12.3 Å². The molecule has 0 saturated heterocycles. The summed E-state index contributed by atoms with van der Waals surface area (Å²) < 4.78 is 26.5. The second kappa shape index (κ2) is 4.38. The summed E-state index contributed by atoms with van der Waals surface area (Å²) in [5.74, 6) is -3.18. The Hall–Kier alpha value is -0.450. The summed E-state index contributed by atoms with van der Waals surface area (Å²) in [4.78, 5) is 3.55. The molecule has 0 amide bonds. The topological polar surface area (TPSA) is 33.1 Å². The first-order chi connectivity index (χ1) is 6.47. The van der Waals surface area contributed by atoms with E-state index in [4.69, 9.17) is 28.3 Å². The van der Waals surface area contributed by atoms with Crippen LogP contribution in [0.5, 0.6) is 0 Å². The van der Waals surface area contributed by atoms with Crippen LogP contribution in [0.3, 0.4) is 0 Å². The molecule has 0 radical (unpaired) electrons. The zero-order chi connectivity index (χ0) is 10.8. The van der Waals surface area contributed by atoms with Gasteiger partial charge in [0.25, 0.3) is 5.92 Å². The van der Waals surface area contributed by atoms with Crippen molar-refractivity contribution in [3.63, 3.8) is 0 Å². The van der Waals surface area contributed by atoms with Crippen LogP contribution in [-0.2, 0) is 5.92 Å². The van der Waals surface area contributed by atoms with E-state index in [0.29, 0.717) is 0 Å². The van der Waals surface area contributed by atoms with E-state index in [-0.39, 0.29) is 10.2 Å². The number of hydrogen-bond donors (Lipinski definition) is 1. The number of hydrogen-bond acceptors (Lipinski definition) is 2. The molecule has 0 fully saturated rings. The van der Waals surface area contributed by atoms with Crippen molar-refractivity contribution < 1.29 is 13.9 Å². The molecular weight excluding hydrogens is 235 g/mol. The minimum Gasteiger partial charge on any atom is -0.396 e. The summed E-state index contributed by atoms with van der Waals surface area (Å²) >= 11 is 11.0. The van der Waals surface area contributed by atoms with E-state index < -0.39 is 24.5 Å². The van der Waals surface area contributed by atoms with Gasteiger partial charge in [-0.3, -0.25) is 0 Å². The predicted molar refractivity (Wildman–Crippen MR) is 49.9 cm³/mol. The summed E-state index contributed by atoms with van der Waals surface area (Å²) in [6.45, 7) is -0.622. The van der Waals surface area contributed by atoms with E-state index in [1.165, 1.54) is 0 Å². The fraction of sp³-hybridized carbons (Fsp3) is 0.375. The smallest absolute Gasteiger partial charge is 0.277 e. The van der Waals surface area contributed by atoms with Gasteiger partial charge in [-0.05, 0) is 6.07 Å². The van der Waals surface area contributed by atoms with Gasteiger partial charge in [-0.25, -0.2) is 13.8 Å². The third-order valence-electron chi connectivity index (χ3n) is 1.64. The molecule has 2 nitrogen and oxygen atoms in total. The Morgan fingerprint density at radius 1 is 1.43 bits per heavy atom. The Balaban J connectivity index is 3.10. The standard InChI is InChI=1S/C8H7Cl2F2NO/c9-6-4-13-7(10)3-5(6)8(11,12)1-2-14/h3-4,14H,1-2H2. The van der Waals surface area contributed by atoms with Crippen LogP contribution in [0.1, 0.15) is 12.0 Å². The van der Waals surface area contributed by atoms with Gasteiger partial charge in [0, 0.05) is 24.8 Å². The van der Waals surface area contributed by atoms with E-state index in [1.54, 1.807) is 0 Å². The lowest BCUT2D eigenvalue weighted by Crippen LogP contribution is -2.16. The maximum absolute atomic E-state index is 13.3. The Labute approximate surface area is 89.5 Å². The second-order valence-electron chi connectivity index (χ2n) is 2.66. The van der Waals surface area contributed by atoms with Crippen LogP contribution in [0, 0.1) is 0 Å². The lowest BCUT2D eigenvalue weighted by molar-refractivity contribution is -0.0269. The molecule has 0 saturated carbocycles. The lowest BCUT2D eigenvalue weighted by Gasteiger charge is -2.16. The van der Waals surface area contributed by atoms with Crippen LogP contribution < -0.4 is 0 Å². The average Bonchev–Trinajstić information content (AvgIpc) is 2.09. The fourth-order valence-corrected chi connectivity index (χ4v) is 1.37. The molecule has 0 aromatic carbocycles. The van der Waals surface area contributed by atoms with Crippen LogP contribution in [0.15, 0.2) is 12.3 Å². The number of aliphatic hydroxyl groups is 1. The fourth-order valence-electron chi connectivity index (χ4n) is 0.969. The molecule has 1 aromatic rings. The van der Waals surface area contributed by atoms with Gasteiger partial charge in [0.05, 0.1) is 5.02 Å². The first-order valence-corrected chi connectivity index (χ1v) is 4.53. The van der Waals surface area contributed by atoms with Gasteiger partial charge < -0.3 is 5.11 Å². The van der Waals surface area contributed by atoms with Crippen LogP contribution in [0.2, 0.25) is 10.2 Å². The van der Waals surface area contributed by atoms with Gasteiger partial charge >= 0.3 is 0 Å². The SMILES string of the molecule is OCCC(F)(F)c1cc(Cl)ncc1Cl. The highest BCUT2D eigenvalue weighted by Gasteiger charge is 2.33. The van der Waals surface area contributed by atoms with Crippen molar-refractivity contribution in [2.75, 3.05) is 6.61 Å². The van der Waals surface area contributed by atoms with Crippen molar-refractivity contribution in [2.24, 2.45) is 0 Å². The number of pyridine rings is 1. The molecule has 1 rings (SSSR count). The number of nitrogens with zero attached hydrogens (tertiary/aromatic N) is 1. The van der Waals surface area contributed by atoms with Gasteiger partial charge in [-0.2, -0.15) is 0 Å². The van der Waals surface area contributed by atoms with Gasteiger partial charge in [-0.1, -0.05) is 23.2 Å². The lowest BCUT2D eigenvalue weighted by atomic mass is 10.1. The molecule has 14 heavy (non-hydrogen) atoms. The largest absolute Gasteiger partial charge is 0.396 e. The van der Waals surface area contributed by atoms with Crippen molar-refractivity contribution in [3.8, 4) is 0 Å². The third kappa shape index (κ3) is 2.53. The molecule has 0 unspecified atom stereocenters. The predicted octanol–water partition coefficient (Wildman–Crippen LogP) is 2.86. The highest BCUT2D eigenvalue weighted by atomic mass is 35.5. The summed E-state index contributed by atoms with van der Waals surface area (Å²) in [6, 6.07) is 1.000. The zero-order valence-corrected chi connectivity index (χ0v) is 8.49. The molecule has 0 aliphatic heterocycles. The molecular formula is C8H7Cl2F2NO. The molecule has 0 aliphatic carbocycles. The molecule has 0 aliphatic rings. The quantitative estimate of drug-likeness (QED) is 0.826. The van der Waals surface area contributed by atoms with E-state index in [1.807, 2.05) is 0 Å². The highest BCUT2D eigenvalue weighted by Crippen LogP contribution is 2.36. The number of rotatable bonds is 3. The van der Waals surface area contributed by atoms with E-state index in [9.17, 15) is 8.78 Å². The van der Waals surface area contributed by atoms with Crippen LogP contribution in [0.25, 0.3) is 0 Å². The molecule has 1 N–H and O–H groups in total. The summed E-state index contributed by atoms with van der Waals surface area (Å²) in [6.07, 6.45) is 0.373. The molecule has 78 valence electrons. The summed E-state index contributed by atoms with van der Waals surface area (Å²) in [5.41, 5.74) is -0.409. The normalized spacial score (nSPS) is 11.8. The molecule has 0 spiro atoms. The average molecular weight is 242 g/mol. The zero-order valence-electron chi connectivity index (χ0n) is 6.98. The number of aliphatic hydroxyl groups excluding tert-OH is 1. The molecule has 6 heteroatoms. The monoisotopic (exact) mass is 241 g/mol. The third-order valence-corrected chi connectivity index (χ3v) is 2.15. The minimum atomic E-state index is -3.18. The Morgan fingerprint density at radius 3 is 2.64 bits per heavy atom. The Bertz CT molecular complexity index is 333. The molecule has 0 atom stereocenters. The van der Waals surface area contributed by atoms with Gasteiger partial charge in [-0.15, -0.1) is 0 Å². The Kier molecular flexibility index (Phi) is 3.64. The Morgan fingerprint density at radius 2 is 2.07 bits per heavy atom. The maximum Gasteiger partial charge on any atom is 0.277 e. The second-order valence-corrected chi connectivity index (χ2v) is 3.46. The molecule has 1 heterocycles. The number of aromatic nitrogens is 1. The van der Waals surface area contributed by atoms with Crippen molar-refractivity contribution >= 4 is 23.2 Å². The van der Waals surface area contributed by atoms with Gasteiger partial charge in [0.15, 0.2) is 0 Å². The van der Waals surface area contributed by atoms with Crippen molar-refractivity contribution in [2.45, 2.75) is 12.3 Å². The van der Waals surface area contributed by atoms with E-state index >= 15 is 0 Å². The van der Waals surface area contributed by atoms with E-state index in [2.05, 4.69) is 4.98 Å². The van der Waals surface area contributed by atoms with Crippen molar-refractivity contribution in [3.05, 3.63) is 28.0 Å². The van der Waals surface area contributed by atoms with Crippen LogP contribution in [-0.4, -0.2) is 16.7 Å². The van der Waals surface area contributed by atoms with Crippen molar-refractivity contribution in [1.82, 2.24) is 4.98 Å². The summed E-state index contributed by atoms with van der Waals surface area (Å²) in [7, 11) is 0. The minimum absolute atomic E-state index is 0.0537. The van der Waals surface area contributed by atoms with Gasteiger partial charge in [0.1, 0.15) is 5.15 Å².